The van der Waals surface area contributed by atoms with Crippen LogP contribution in [0.1, 0.15) is 25.2 Å². The monoisotopic (exact) mass is 420 g/mol. The number of piperidine rings is 1. The number of likely N-dealkylation sites (tertiary alicyclic amines) is 1. The van der Waals surface area contributed by atoms with E-state index in [4.69, 9.17) is 20.9 Å². The van der Waals surface area contributed by atoms with Crippen LogP contribution in [0.4, 0.5) is 0 Å². The van der Waals surface area contributed by atoms with Crippen molar-refractivity contribution in [3.8, 4) is 11.4 Å². The topological polar surface area (TPSA) is 87.8 Å². The smallest absolute Gasteiger partial charge is 0.246 e. The van der Waals surface area contributed by atoms with Crippen molar-refractivity contribution >= 4 is 17.6 Å². The van der Waals surface area contributed by atoms with Crippen LogP contribution in [0.3, 0.4) is 0 Å². The Balaban J connectivity index is 1.43. The molecule has 0 saturated carbocycles. The molecule has 0 aliphatic carbocycles. The van der Waals surface area contributed by atoms with E-state index in [1.165, 1.54) is 0 Å². The highest BCUT2D eigenvalue weighted by molar-refractivity contribution is 6.30. The molecule has 2 aromatic rings. The Labute approximate surface area is 176 Å². The van der Waals surface area contributed by atoms with Gasteiger partial charge in [0.1, 0.15) is 0 Å². The highest BCUT2D eigenvalue weighted by atomic mass is 35.5. The number of halogens is 1. The van der Waals surface area contributed by atoms with Crippen molar-refractivity contribution in [3.63, 3.8) is 0 Å². The van der Waals surface area contributed by atoms with Gasteiger partial charge in [0.15, 0.2) is 5.96 Å². The summed E-state index contributed by atoms with van der Waals surface area (Å²) in [6, 6.07) is 7.79. The zero-order chi connectivity index (χ0) is 20.5. The highest BCUT2D eigenvalue weighted by Gasteiger charge is 2.20. The lowest BCUT2D eigenvalue weighted by Crippen LogP contribution is -2.48. The summed E-state index contributed by atoms with van der Waals surface area (Å²) in [5.41, 5.74) is 0.826. The minimum Gasteiger partial charge on any atom is -0.385 e. The number of nitrogens with zero attached hydrogens (tertiary/aromatic N) is 4. The first-order chi connectivity index (χ1) is 14.2. The standard InChI is InChI=1S/C20H29ClN6O2/c1-22-20(24-17-7-10-27(11-8-17)9-4-12-28-2)23-14-18-25-19(26-29-18)15-5-3-6-16(21)13-15/h3,5-6,13,17H,4,7-12,14H2,1-2H3,(H2,22,23,24). The van der Waals surface area contributed by atoms with Gasteiger partial charge in [0.05, 0.1) is 6.54 Å². The normalized spacial score (nSPS) is 16.2. The van der Waals surface area contributed by atoms with Crippen molar-refractivity contribution in [2.75, 3.05) is 40.4 Å². The van der Waals surface area contributed by atoms with E-state index in [1.807, 2.05) is 24.3 Å². The van der Waals surface area contributed by atoms with Crippen molar-refractivity contribution < 1.29 is 9.26 Å². The van der Waals surface area contributed by atoms with Crippen LogP contribution in [-0.2, 0) is 11.3 Å². The molecule has 29 heavy (non-hydrogen) atoms. The second kappa shape index (κ2) is 11.1. The summed E-state index contributed by atoms with van der Waals surface area (Å²) in [4.78, 5) is 11.2. The summed E-state index contributed by atoms with van der Waals surface area (Å²) in [6.07, 6.45) is 3.26. The van der Waals surface area contributed by atoms with Crippen LogP contribution in [-0.4, -0.2) is 67.4 Å². The van der Waals surface area contributed by atoms with Crippen LogP contribution in [0.15, 0.2) is 33.8 Å². The van der Waals surface area contributed by atoms with Crippen LogP contribution < -0.4 is 10.6 Å². The van der Waals surface area contributed by atoms with Gasteiger partial charge >= 0.3 is 0 Å². The Hall–Kier alpha value is -2.16. The highest BCUT2D eigenvalue weighted by Crippen LogP contribution is 2.19. The maximum absolute atomic E-state index is 6.03. The van der Waals surface area contributed by atoms with Gasteiger partial charge in [-0.15, -0.1) is 0 Å². The van der Waals surface area contributed by atoms with E-state index in [-0.39, 0.29) is 0 Å². The zero-order valence-corrected chi connectivity index (χ0v) is 17.8. The van der Waals surface area contributed by atoms with E-state index >= 15 is 0 Å². The minimum absolute atomic E-state index is 0.406. The quantitative estimate of drug-likeness (QED) is 0.385. The molecule has 9 heteroatoms. The van der Waals surface area contributed by atoms with Gasteiger partial charge in [-0.05, 0) is 31.4 Å². The summed E-state index contributed by atoms with van der Waals surface area (Å²) in [5, 5.41) is 11.4. The first-order valence-electron chi connectivity index (χ1n) is 9.95. The van der Waals surface area contributed by atoms with Gasteiger partial charge < -0.3 is 24.8 Å². The first kappa shape index (κ1) is 21.5. The van der Waals surface area contributed by atoms with Gasteiger partial charge in [-0.3, -0.25) is 4.99 Å². The Morgan fingerprint density at radius 2 is 2.21 bits per heavy atom. The fraction of sp³-hybridized carbons (Fsp3) is 0.550. The number of aliphatic imine (C=N–C) groups is 1. The number of hydrogen-bond acceptors (Lipinski definition) is 6. The van der Waals surface area contributed by atoms with Gasteiger partial charge in [0, 0.05) is 57.0 Å². The molecule has 0 atom stereocenters. The molecule has 1 aliphatic heterocycles. The maximum atomic E-state index is 6.03. The average molecular weight is 421 g/mol. The maximum Gasteiger partial charge on any atom is 0.246 e. The number of nitrogens with one attached hydrogen (secondary N) is 2. The first-order valence-corrected chi connectivity index (χ1v) is 10.3. The van der Waals surface area contributed by atoms with Crippen LogP contribution in [0.2, 0.25) is 5.02 Å². The molecule has 1 aliphatic rings. The van der Waals surface area contributed by atoms with Crippen molar-refractivity contribution in [2.45, 2.75) is 31.8 Å². The van der Waals surface area contributed by atoms with Crippen molar-refractivity contribution in [2.24, 2.45) is 4.99 Å². The van der Waals surface area contributed by atoms with Gasteiger partial charge in [0.25, 0.3) is 0 Å². The molecule has 1 fully saturated rings. The molecule has 0 unspecified atom stereocenters. The molecule has 1 saturated heterocycles. The van der Waals surface area contributed by atoms with Gasteiger partial charge in [-0.2, -0.15) is 4.98 Å². The van der Waals surface area contributed by atoms with Crippen LogP contribution >= 0.6 is 11.6 Å². The number of benzene rings is 1. The summed E-state index contributed by atoms with van der Waals surface area (Å²) in [6.45, 7) is 4.50. The number of hydrogen-bond donors (Lipinski definition) is 2. The molecule has 1 aromatic carbocycles. The predicted molar refractivity (Wildman–Crippen MR) is 114 cm³/mol. The minimum atomic E-state index is 0.406. The molecule has 0 amide bonds. The zero-order valence-electron chi connectivity index (χ0n) is 17.0. The molecule has 0 spiro atoms. The third-order valence-corrected chi connectivity index (χ3v) is 5.17. The second-order valence-corrected chi connectivity index (χ2v) is 7.49. The molecule has 2 N–H and O–H groups in total. The molecule has 2 heterocycles. The molecule has 1 aromatic heterocycles. The fourth-order valence-electron chi connectivity index (χ4n) is 3.35. The number of ether oxygens (including phenoxy) is 1. The van der Waals surface area contributed by atoms with Gasteiger partial charge in [-0.25, -0.2) is 0 Å². The number of guanidine groups is 1. The summed E-state index contributed by atoms with van der Waals surface area (Å²) in [5.74, 6) is 1.76. The van der Waals surface area contributed by atoms with E-state index in [1.54, 1.807) is 14.2 Å². The molecular formula is C20H29ClN6O2. The van der Waals surface area contributed by atoms with Crippen molar-refractivity contribution in [3.05, 3.63) is 35.2 Å². The van der Waals surface area contributed by atoms with E-state index in [0.717, 1.165) is 57.0 Å². The third-order valence-electron chi connectivity index (χ3n) is 4.93. The Morgan fingerprint density at radius 1 is 1.38 bits per heavy atom. The van der Waals surface area contributed by atoms with E-state index < -0.39 is 0 Å². The molecule has 0 radical (unpaired) electrons. The van der Waals surface area contributed by atoms with Crippen LogP contribution in [0.25, 0.3) is 11.4 Å². The van der Waals surface area contributed by atoms with Crippen LogP contribution in [0.5, 0.6) is 0 Å². The van der Waals surface area contributed by atoms with Gasteiger partial charge in [-0.1, -0.05) is 28.9 Å². The lowest BCUT2D eigenvalue weighted by Gasteiger charge is -2.33. The molecule has 0 bridgehead atoms. The number of aromatic nitrogens is 2. The fourth-order valence-corrected chi connectivity index (χ4v) is 3.54. The lowest BCUT2D eigenvalue weighted by atomic mass is 10.1. The van der Waals surface area contributed by atoms with Crippen LogP contribution in [0, 0.1) is 0 Å². The van der Waals surface area contributed by atoms with Crippen molar-refractivity contribution in [1.82, 2.24) is 25.7 Å². The summed E-state index contributed by atoms with van der Waals surface area (Å²) >= 11 is 6.03. The molecule has 8 nitrogen and oxygen atoms in total. The lowest BCUT2D eigenvalue weighted by molar-refractivity contribution is 0.155. The third kappa shape index (κ3) is 6.69. The molecule has 3 rings (SSSR count). The van der Waals surface area contributed by atoms with Crippen molar-refractivity contribution in [1.29, 1.82) is 0 Å². The van der Waals surface area contributed by atoms with Gasteiger partial charge in [0.2, 0.25) is 11.7 Å². The predicted octanol–water partition coefficient (Wildman–Crippen LogP) is 2.56. The number of rotatable bonds is 8. The largest absolute Gasteiger partial charge is 0.385 e. The molecular weight excluding hydrogens is 392 g/mol. The summed E-state index contributed by atoms with van der Waals surface area (Å²) < 4.78 is 10.5. The van der Waals surface area contributed by atoms with E-state index in [2.05, 4.69) is 30.7 Å². The molecule has 158 valence electrons. The average Bonchev–Trinajstić information content (AvgIpc) is 3.21. The summed E-state index contributed by atoms with van der Waals surface area (Å²) in [7, 11) is 3.52. The Morgan fingerprint density at radius 3 is 2.93 bits per heavy atom. The number of methoxy groups -OCH3 is 1. The Bertz CT molecular complexity index is 789. The van der Waals surface area contributed by atoms with E-state index in [0.29, 0.717) is 29.3 Å². The van der Waals surface area contributed by atoms with E-state index in [9.17, 15) is 0 Å². The second-order valence-electron chi connectivity index (χ2n) is 7.05. The SMILES string of the molecule is CN=C(NCc1nc(-c2cccc(Cl)c2)no1)NC1CCN(CCCOC)CC1. The Kier molecular flexibility index (Phi) is 8.27.